The number of nitrogens with one attached hydrogen (secondary N) is 2. The van der Waals surface area contributed by atoms with Gasteiger partial charge in [0.25, 0.3) is 5.56 Å². The first-order valence-electron chi connectivity index (χ1n) is 6.61. The van der Waals surface area contributed by atoms with Crippen LogP contribution in [0, 0.1) is 5.41 Å². The lowest BCUT2D eigenvalue weighted by atomic mass is 9.77. The van der Waals surface area contributed by atoms with Crippen molar-refractivity contribution in [3.05, 3.63) is 28.0 Å². The van der Waals surface area contributed by atoms with Crippen molar-refractivity contribution < 1.29 is 14.7 Å². The third-order valence-corrected chi connectivity index (χ3v) is 3.25. The van der Waals surface area contributed by atoms with Crippen LogP contribution >= 0.6 is 0 Å². The van der Waals surface area contributed by atoms with E-state index in [0.29, 0.717) is 19.3 Å². The molecule has 1 aromatic rings. The maximum atomic E-state index is 12.0. The minimum absolute atomic E-state index is 0.0419. The molecule has 1 heterocycles. The van der Waals surface area contributed by atoms with Gasteiger partial charge in [0.1, 0.15) is 5.76 Å². The fourth-order valence-electron chi connectivity index (χ4n) is 2.25. The minimum Gasteiger partial charge on any atom is -0.511 e. The Morgan fingerprint density at radius 3 is 2.77 bits per heavy atom. The van der Waals surface area contributed by atoms with E-state index in [4.69, 9.17) is 0 Å². The lowest BCUT2D eigenvalue weighted by Gasteiger charge is -2.28. The van der Waals surface area contributed by atoms with Crippen molar-refractivity contribution in [1.82, 2.24) is 9.97 Å². The van der Waals surface area contributed by atoms with Crippen LogP contribution in [-0.2, 0) is 9.59 Å². The molecule has 0 saturated heterocycles. The standard InChI is InChI=1S/C14H16N4O4/c1-14(2)3-9(20)8(10(21)4-14)5-15-12-11(18-7-19)13(22)17-6-16-12/h5-7,20H,3-4H2,1-2H3,(H,18,19)(H,16,17,22). The number of aliphatic imine (C=N–C) groups is 1. The molecule has 8 heteroatoms. The highest BCUT2D eigenvalue weighted by Crippen LogP contribution is 2.35. The Hall–Kier alpha value is -2.77. The van der Waals surface area contributed by atoms with Gasteiger partial charge >= 0.3 is 0 Å². The van der Waals surface area contributed by atoms with Crippen LogP contribution < -0.4 is 10.9 Å². The van der Waals surface area contributed by atoms with Crippen molar-refractivity contribution in [2.45, 2.75) is 26.7 Å². The number of carbonyl (C=O) groups excluding carboxylic acids is 2. The summed E-state index contributed by atoms with van der Waals surface area (Å²) < 4.78 is 0. The number of carbonyl (C=O) groups is 2. The monoisotopic (exact) mass is 304 g/mol. The summed E-state index contributed by atoms with van der Waals surface area (Å²) in [6.07, 6.45) is 3.29. The molecular formula is C14H16N4O4. The third-order valence-electron chi connectivity index (χ3n) is 3.25. The molecule has 0 aliphatic heterocycles. The van der Waals surface area contributed by atoms with E-state index < -0.39 is 5.56 Å². The number of hydrogen-bond donors (Lipinski definition) is 3. The normalized spacial score (nSPS) is 17.8. The summed E-state index contributed by atoms with van der Waals surface area (Å²) >= 11 is 0. The smallest absolute Gasteiger partial charge is 0.276 e. The van der Waals surface area contributed by atoms with Crippen molar-refractivity contribution in [3.8, 4) is 0 Å². The highest BCUT2D eigenvalue weighted by atomic mass is 16.3. The zero-order valence-electron chi connectivity index (χ0n) is 12.2. The Balaban J connectivity index is 2.37. The fraction of sp³-hybridized carbons (Fsp3) is 0.357. The van der Waals surface area contributed by atoms with E-state index >= 15 is 0 Å². The Kier molecular flexibility index (Phi) is 4.20. The van der Waals surface area contributed by atoms with Crippen molar-refractivity contribution in [2.75, 3.05) is 5.32 Å². The number of allylic oxidation sites excluding steroid dienone is 2. The van der Waals surface area contributed by atoms with Gasteiger partial charge in [-0.3, -0.25) is 14.4 Å². The number of amides is 1. The molecule has 22 heavy (non-hydrogen) atoms. The van der Waals surface area contributed by atoms with E-state index in [0.717, 1.165) is 6.33 Å². The molecule has 0 bridgehead atoms. The lowest BCUT2D eigenvalue weighted by Crippen LogP contribution is -2.26. The van der Waals surface area contributed by atoms with Crippen LogP contribution in [-0.4, -0.2) is 33.5 Å². The second-order valence-corrected chi connectivity index (χ2v) is 5.75. The van der Waals surface area contributed by atoms with Gasteiger partial charge in [-0.2, -0.15) is 0 Å². The molecule has 1 aliphatic carbocycles. The highest BCUT2D eigenvalue weighted by Gasteiger charge is 2.32. The van der Waals surface area contributed by atoms with Crippen LogP contribution in [0.1, 0.15) is 26.7 Å². The first kappa shape index (κ1) is 15.6. The van der Waals surface area contributed by atoms with Gasteiger partial charge in [0.05, 0.1) is 11.9 Å². The van der Waals surface area contributed by atoms with Crippen LogP contribution in [0.5, 0.6) is 0 Å². The minimum atomic E-state index is -0.566. The highest BCUT2D eigenvalue weighted by molar-refractivity contribution is 6.15. The van der Waals surface area contributed by atoms with Crippen LogP contribution in [0.2, 0.25) is 0 Å². The Morgan fingerprint density at radius 1 is 1.41 bits per heavy atom. The largest absolute Gasteiger partial charge is 0.511 e. The van der Waals surface area contributed by atoms with E-state index in [9.17, 15) is 19.5 Å². The Morgan fingerprint density at radius 2 is 2.14 bits per heavy atom. The molecule has 8 nitrogen and oxygen atoms in total. The number of Topliss-reactive ketones (excluding diaryl/α,β-unsaturated/α-hetero) is 1. The molecule has 0 radical (unpaired) electrons. The fourth-order valence-corrected chi connectivity index (χ4v) is 2.25. The van der Waals surface area contributed by atoms with Crippen LogP contribution in [0.3, 0.4) is 0 Å². The summed E-state index contributed by atoms with van der Waals surface area (Å²) in [6.45, 7) is 3.78. The number of rotatable bonds is 4. The Bertz CT molecular complexity index is 731. The maximum absolute atomic E-state index is 12.0. The average molecular weight is 304 g/mol. The summed E-state index contributed by atoms with van der Waals surface area (Å²) in [6, 6.07) is 0. The Labute approximate surface area is 126 Å². The molecule has 0 aromatic carbocycles. The number of anilines is 1. The van der Waals surface area contributed by atoms with Crippen molar-refractivity contribution >= 4 is 29.9 Å². The molecule has 0 fully saturated rings. The van der Waals surface area contributed by atoms with Gasteiger partial charge in [0, 0.05) is 19.1 Å². The molecule has 3 N–H and O–H groups in total. The summed E-state index contributed by atoms with van der Waals surface area (Å²) in [5, 5.41) is 12.2. The molecule has 0 atom stereocenters. The van der Waals surface area contributed by atoms with Gasteiger partial charge in [0.15, 0.2) is 17.3 Å². The van der Waals surface area contributed by atoms with Gasteiger partial charge in [0.2, 0.25) is 6.41 Å². The number of nitrogens with zero attached hydrogens (tertiary/aromatic N) is 2. The molecular weight excluding hydrogens is 288 g/mol. The summed E-state index contributed by atoms with van der Waals surface area (Å²) in [4.78, 5) is 44.2. The van der Waals surface area contributed by atoms with E-state index in [1.807, 2.05) is 13.8 Å². The number of aromatic amines is 1. The van der Waals surface area contributed by atoms with E-state index in [1.165, 1.54) is 6.21 Å². The SMILES string of the molecule is CC1(C)CC(=O)C(C=Nc2nc[nH]c(=O)c2NC=O)=C(O)C1. The van der Waals surface area contributed by atoms with Crippen LogP contribution in [0.15, 0.2) is 27.4 Å². The topological polar surface area (TPSA) is 125 Å². The first-order chi connectivity index (χ1) is 10.3. The zero-order chi connectivity index (χ0) is 16.3. The molecule has 2 rings (SSSR count). The molecule has 0 unspecified atom stereocenters. The van der Waals surface area contributed by atoms with Crippen molar-refractivity contribution in [2.24, 2.45) is 10.4 Å². The van der Waals surface area contributed by atoms with E-state index in [2.05, 4.69) is 20.3 Å². The predicted octanol–water partition coefficient (Wildman–Crippen LogP) is 1.24. The molecule has 0 saturated carbocycles. The molecule has 116 valence electrons. The van der Waals surface area contributed by atoms with Gasteiger partial charge in [-0.05, 0) is 5.41 Å². The number of aliphatic hydroxyl groups excluding tert-OH is 1. The molecule has 1 aliphatic rings. The summed E-state index contributed by atoms with van der Waals surface area (Å²) in [5.41, 5.74) is -0.898. The van der Waals surface area contributed by atoms with E-state index in [-0.39, 0.29) is 34.0 Å². The molecule has 1 aromatic heterocycles. The summed E-state index contributed by atoms with van der Waals surface area (Å²) in [5.74, 6) is -0.319. The van der Waals surface area contributed by atoms with E-state index in [1.54, 1.807) is 0 Å². The van der Waals surface area contributed by atoms with Gasteiger partial charge in [-0.15, -0.1) is 0 Å². The predicted molar refractivity (Wildman–Crippen MR) is 80.4 cm³/mol. The maximum Gasteiger partial charge on any atom is 0.276 e. The van der Waals surface area contributed by atoms with Crippen LogP contribution in [0.4, 0.5) is 11.5 Å². The van der Waals surface area contributed by atoms with Gasteiger partial charge in [-0.25, -0.2) is 9.98 Å². The second kappa shape index (κ2) is 5.92. The first-order valence-corrected chi connectivity index (χ1v) is 6.61. The van der Waals surface area contributed by atoms with Gasteiger partial charge in [-0.1, -0.05) is 13.8 Å². The second-order valence-electron chi connectivity index (χ2n) is 5.75. The number of H-pyrrole nitrogens is 1. The number of aromatic nitrogens is 2. The third kappa shape index (κ3) is 3.27. The van der Waals surface area contributed by atoms with Crippen molar-refractivity contribution in [3.63, 3.8) is 0 Å². The molecule has 1 amide bonds. The number of hydrogen-bond acceptors (Lipinski definition) is 6. The zero-order valence-corrected chi connectivity index (χ0v) is 12.2. The number of ketones is 1. The quantitative estimate of drug-likeness (QED) is 0.570. The number of aliphatic hydroxyl groups is 1. The van der Waals surface area contributed by atoms with Crippen molar-refractivity contribution in [1.29, 1.82) is 0 Å². The summed E-state index contributed by atoms with van der Waals surface area (Å²) in [7, 11) is 0. The van der Waals surface area contributed by atoms with Crippen LogP contribution in [0.25, 0.3) is 0 Å². The average Bonchev–Trinajstić information content (AvgIpc) is 2.40. The van der Waals surface area contributed by atoms with Gasteiger partial charge < -0.3 is 15.4 Å². The molecule has 0 spiro atoms. The lowest BCUT2D eigenvalue weighted by molar-refractivity contribution is -0.117.